The summed E-state index contributed by atoms with van der Waals surface area (Å²) in [6.45, 7) is 4.71. The highest BCUT2D eigenvalue weighted by Crippen LogP contribution is 2.54. The van der Waals surface area contributed by atoms with Crippen molar-refractivity contribution in [1.82, 2.24) is 0 Å². The fourth-order valence-electron chi connectivity index (χ4n) is 2.12. The van der Waals surface area contributed by atoms with Crippen LogP contribution in [0.25, 0.3) is 0 Å². The van der Waals surface area contributed by atoms with Crippen molar-refractivity contribution < 1.29 is 0 Å². The van der Waals surface area contributed by atoms with Gasteiger partial charge < -0.3 is 0 Å². The van der Waals surface area contributed by atoms with Crippen LogP contribution in [-0.2, 0) is 6.42 Å². The summed E-state index contributed by atoms with van der Waals surface area (Å²) in [5.41, 5.74) is 2.16. The molecule has 0 atom stereocenters. The Hall–Kier alpha value is -0.780. The Kier molecular flexibility index (Phi) is 2.15. The van der Waals surface area contributed by atoms with Gasteiger partial charge in [0.1, 0.15) is 0 Å². The maximum atomic E-state index is 2.36. The molecule has 2 rings (SSSR count). The quantitative estimate of drug-likeness (QED) is 0.656. The van der Waals surface area contributed by atoms with Gasteiger partial charge in [-0.1, -0.05) is 44.2 Å². The summed E-state index contributed by atoms with van der Waals surface area (Å²) >= 11 is 0. The third kappa shape index (κ3) is 1.77. The predicted molar refractivity (Wildman–Crippen MR) is 56.7 cm³/mol. The van der Waals surface area contributed by atoms with Gasteiger partial charge in [0.2, 0.25) is 0 Å². The molecule has 0 unspecified atom stereocenters. The summed E-state index contributed by atoms with van der Waals surface area (Å²) in [5, 5.41) is 0. The molecule has 0 amide bonds. The van der Waals surface area contributed by atoms with Crippen molar-refractivity contribution in [3.8, 4) is 0 Å². The van der Waals surface area contributed by atoms with Gasteiger partial charge in [-0.25, -0.2) is 0 Å². The molecule has 0 spiro atoms. The maximum Gasteiger partial charge on any atom is -0.0220 e. The zero-order valence-electron chi connectivity index (χ0n) is 8.59. The van der Waals surface area contributed by atoms with Crippen molar-refractivity contribution in [3.05, 3.63) is 35.9 Å². The van der Waals surface area contributed by atoms with E-state index in [0.717, 1.165) is 5.92 Å². The lowest BCUT2D eigenvalue weighted by molar-refractivity contribution is 0.357. The van der Waals surface area contributed by atoms with E-state index in [9.17, 15) is 0 Å². The highest BCUT2D eigenvalue weighted by atomic mass is 14.5. The Morgan fingerprint density at radius 1 is 1.15 bits per heavy atom. The van der Waals surface area contributed by atoms with Crippen LogP contribution in [0.15, 0.2) is 30.3 Å². The SMILES string of the molecule is CC(C)C1(Cc2ccccc2)CC1. The van der Waals surface area contributed by atoms with Gasteiger partial charge in [0, 0.05) is 0 Å². The van der Waals surface area contributed by atoms with E-state index in [1.54, 1.807) is 0 Å². The van der Waals surface area contributed by atoms with E-state index >= 15 is 0 Å². The zero-order valence-corrected chi connectivity index (χ0v) is 8.59. The Morgan fingerprint density at radius 3 is 2.23 bits per heavy atom. The van der Waals surface area contributed by atoms with E-state index in [1.807, 2.05) is 0 Å². The van der Waals surface area contributed by atoms with Crippen molar-refractivity contribution >= 4 is 0 Å². The molecule has 1 aromatic carbocycles. The Balaban J connectivity index is 2.07. The Bertz CT molecular complexity index is 267. The molecule has 0 radical (unpaired) electrons. The van der Waals surface area contributed by atoms with Crippen LogP contribution in [0.2, 0.25) is 0 Å². The molecule has 0 saturated heterocycles. The molecule has 1 fully saturated rings. The van der Waals surface area contributed by atoms with Crippen molar-refractivity contribution in [2.75, 3.05) is 0 Å². The summed E-state index contributed by atoms with van der Waals surface area (Å²) in [4.78, 5) is 0. The average Bonchev–Trinajstić information content (AvgIpc) is 2.87. The van der Waals surface area contributed by atoms with E-state index in [0.29, 0.717) is 5.41 Å². The van der Waals surface area contributed by atoms with Crippen molar-refractivity contribution in [1.29, 1.82) is 0 Å². The molecule has 0 aromatic heterocycles. The Labute approximate surface area is 81.0 Å². The van der Waals surface area contributed by atoms with Crippen LogP contribution in [-0.4, -0.2) is 0 Å². The summed E-state index contributed by atoms with van der Waals surface area (Å²) in [7, 11) is 0. The fourth-order valence-corrected chi connectivity index (χ4v) is 2.12. The monoisotopic (exact) mass is 174 g/mol. The standard InChI is InChI=1S/C13H18/c1-11(2)13(8-9-13)10-12-6-4-3-5-7-12/h3-7,11H,8-10H2,1-2H3. The lowest BCUT2D eigenvalue weighted by Crippen LogP contribution is -2.12. The van der Waals surface area contributed by atoms with Crippen LogP contribution in [0, 0.1) is 11.3 Å². The van der Waals surface area contributed by atoms with Crippen LogP contribution >= 0.6 is 0 Å². The largest absolute Gasteiger partial charge is 0.0622 e. The first-order chi connectivity index (χ1) is 6.23. The normalized spacial score (nSPS) is 19.0. The lowest BCUT2D eigenvalue weighted by Gasteiger charge is -2.19. The molecule has 13 heavy (non-hydrogen) atoms. The van der Waals surface area contributed by atoms with Crippen LogP contribution in [0.1, 0.15) is 32.3 Å². The minimum absolute atomic E-state index is 0.654. The smallest absolute Gasteiger partial charge is 0.0220 e. The van der Waals surface area contributed by atoms with E-state index in [4.69, 9.17) is 0 Å². The van der Waals surface area contributed by atoms with Crippen LogP contribution in [0.4, 0.5) is 0 Å². The molecule has 1 aliphatic carbocycles. The van der Waals surface area contributed by atoms with Gasteiger partial charge in [-0.05, 0) is 36.2 Å². The number of hydrogen-bond acceptors (Lipinski definition) is 0. The van der Waals surface area contributed by atoms with Gasteiger partial charge in [-0.3, -0.25) is 0 Å². The van der Waals surface area contributed by atoms with Gasteiger partial charge in [-0.15, -0.1) is 0 Å². The summed E-state index contributed by atoms with van der Waals surface area (Å²) in [6.07, 6.45) is 4.14. The van der Waals surface area contributed by atoms with Crippen molar-refractivity contribution in [3.63, 3.8) is 0 Å². The van der Waals surface area contributed by atoms with Gasteiger partial charge in [0.05, 0.1) is 0 Å². The molecule has 0 aliphatic heterocycles. The van der Waals surface area contributed by atoms with Gasteiger partial charge in [-0.2, -0.15) is 0 Å². The van der Waals surface area contributed by atoms with Gasteiger partial charge >= 0.3 is 0 Å². The van der Waals surface area contributed by atoms with Crippen LogP contribution in [0.3, 0.4) is 0 Å². The summed E-state index contributed by atoms with van der Waals surface area (Å²) in [6, 6.07) is 10.9. The molecule has 1 aliphatic rings. The van der Waals surface area contributed by atoms with Gasteiger partial charge in [0.25, 0.3) is 0 Å². The molecule has 1 aromatic rings. The summed E-state index contributed by atoms with van der Waals surface area (Å²) in [5.74, 6) is 0.840. The number of benzene rings is 1. The minimum atomic E-state index is 0.654. The zero-order chi connectivity index (χ0) is 9.31. The molecular weight excluding hydrogens is 156 g/mol. The van der Waals surface area contributed by atoms with Crippen molar-refractivity contribution in [2.45, 2.75) is 33.1 Å². The third-order valence-electron chi connectivity index (χ3n) is 3.52. The van der Waals surface area contributed by atoms with E-state index < -0.39 is 0 Å². The second-order valence-corrected chi connectivity index (χ2v) is 4.68. The lowest BCUT2D eigenvalue weighted by atomic mass is 9.86. The fraction of sp³-hybridized carbons (Fsp3) is 0.538. The first-order valence-corrected chi connectivity index (χ1v) is 5.27. The summed E-state index contributed by atoms with van der Waals surface area (Å²) < 4.78 is 0. The highest BCUT2D eigenvalue weighted by Gasteiger charge is 2.44. The second-order valence-electron chi connectivity index (χ2n) is 4.68. The molecule has 0 nitrogen and oxygen atoms in total. The Morgan fingerprint density at radius 2 is 1.77 bits per heavy atom. The predicted octanol–water partition coefficient (Wildman–Crippen LogP) is 3.67. The third-order valence-corrected chi connectivity index (χ3v) is 3.52. The highest BCUT2D eigenvalue weighted by molar-refractivity contribution is 5.18. The molecule has 0 heterocycles. The molecule has 70 valence electrons. The minimum Gasteiger partial charge on any atom is -0.0622 e. The first kappa shape index (κ1) is 8.80. The molecule has 0 heteroatoms. The van der Waals surface area contributed by atoms with E-state index in [1.165, 1.54) is 24.8 Å². The number of rotatable bonds is 3. The maximum absolute atomic E-state index is 2.36. The van der Waals surface area contributed by atoms with Crippen LogP contribution in [0.5, 0.6) is 0 Å². The average molecular weight is 174 g/mol. The van der Waals surface area contributed by atoms with E-state index in [2.05, 4.69) is 44.2 Å². The second kappa shape index (κ2) is 3.17. The molecule has 1 saturated carbocycles. The molecular formula is C13H18. The van der Waals surface area contributed by atoms with E-state index in [-0.39, 0.29) is 0 Å². The van der Waals surface area contributed by atoms with Crippen LogP contribution < -0.4 is 0 Å². The van der Waals surface area contributed by atoms with Crippen molar-refractivity contribution in [2.24, 2.45) is 11.3 Å². The molecule has 0 bridgehead atoms. The molecule has 0 N–H and O–H groups in total. The number of hydrogen-bond donors (Lipinski definition) is 0. The van der Waals surface area contributed by atoms with Gasteiger partial charge in [0.15, 0.2) is 0 Å². The first-order valence-electron chi connectivity index (χ1n) is 5.27. The topological polar surface area (TPSA) is 0 Å².